The summed E-state index contributed by atoms with van der Waals surface area (Å²) >= 11 is 11.9. The number of rotatable bonds is 5. The normalized spacial score (nSPS) is 10.4. The standard InChI is InChI=1S/C13H15Cl2N5/c1-3-20(4-2)13-18-12(8-16-19-13)17-9-5-6-10(14)11(15)7-9/h5-8H,3-4H2,1-2H3,(H,17,18,19). The Morgan fingerprint density at radius 2 is 1.90 bits per heavy atom. The molecule has 1 N–H and O–H groups in total. The van der Waals surface area contributed by atoms with Gasteiger partial charge in [0.05, 0.1) is 16.2 Å². The Bertz CT molecular complexity index is 587. The summed E-state index contributed by atoms with van der Waals surface area (Å²) in [6.45, 7) is 5.75. The molecule has 0 aliphatic heterocycles. The van der Waals surface area contributed by atoms with Crippen LogP contribution >= 0.6 is 23.2 Å². The van der Waals surface area contributed by atoms with Crippen molar-refractivity contribution >= 4 is 40.7 Å². The van der Waals surface area contributed by atoms with Crippen LogP contribution in [0, 0.1) is 0 Å². The summed E-state index contributed by atoms with van der Waals surface area (Å²) in [5.41, 5.74) is 0.797. The van der Waals surface area contributed by atoms with E-state index in [0.717, 1.165) is 18.8 Å². The predicted molar refractivity (Wildman–Crippen MR) is 83.1 cm³/mol. The van der Waals surface area contributed by atoms with Gasteiger partial charge in [-0.05, 0) is 32.0 Å². The number of benzene rings is 1. The Morgan fingerprint density at radius 1 is 1.15 bits per heavy atom. The average molecular weight is 312 g/mol. The van der Waals surface area contributed by atoms with Crippen LogP contribution in [0.15, 0.2) is 24.4 Å². The molecule has 0 saturated carbocycles. The van der Waals surface area contributed by atoms with Crippen molar-refractivity contribution in [1.29, 1.82) is 0 Å². The second-order valence-corrected chi connectivity index (χ2v) is 4.88. The molecule has 0 aliphatic carbocycles. The SMILES string of the molecule is CCN(CC)c1nncc(Nc2ccc(Cl)c(Cl)c2)n1. The maximum Gasteiger partial charge on any atom is 0.247 e. The molecule has 20 heavy (non-hydrogen) atoms. The fourth-order valence-corrected chi connectivity index (χ4v) is 2.01. The fourth-order valence-electron chi connectivity index (χ4n) is 1.72. The molecular weight excluding hydrogens is 297 g/mol. The number of anilines is 3. The lowest BCUT2D eigenvalue weighted by molar-refractivity contribution is 0.796. The van der Waals surface area contributed by atoms with E-state index in [1.54, 1.807) is 18.3 Å². The molecule has 0 aliphatic rings. The van der Waals surface area contributed by atoms with Crippen molar-refractivity contribution in [2.45, 2.75) is 13.8 Å². The van der Waals surface area contributed by atoms with Crippen LogP contribution in [-0.4, -0.2) is 28.3 Å². The quantitative estimate of drug-likeness (QED) is 0.911. The zero-order valence-corrected chi connectivity index (χ0v) is 12.8. The second-order valence-electron chi connectivity index (χ2n) is 4.07. The third-order valence-corrected chi connectivity index (χ3v) is 3.52. The molecule has 0 spiro atoms. The molecule has 7 heteroatoms. The van der Waals surface area contributed by atoms with Gasteiger partial charge in [0.15, 0.2) is 5.82 Å². The highest BCUT2D eigenvalue weighted by Crippen LogP contribution is 2.26. The summed E-state index contributed by atoms with van der Waals surface area (Å²) in [7, 11) is 0. The van der Waals surface area contributed by atoms with Gasteiger partial charge in [-0.15, -0.1) is 5.10 Å². The zero-order chi connectivity index (χ0) is 14.5. The van der Waals surface area contributed by atoms with Crippen LogP contribution < -0.4 is 10.2 Å². The Hall–Kier alpha value is -1.59. The van der Waals surface area contributed by atoms with Gasteiger partial charge < -0.3 is 10.2 Å². The Labute approximate surface area is 127 Å². The third kappa shape index (κ3) is 3.49. The summed E-state index contributed by atoms with van der Waals surface area (Å²) < 4.78 is 0. The first kappa shape index (κ1) is 14.8. The molecule has 5 nitrogen and oxygen atoms in total. The van der Waals surface area contributed by atoms with Gasteiger partial charge in [0, 0.05) is 18.8 Å². The van der Waals surface area contributed by atoms with E-state index >= 15 is 0 Å². The first-order valence-electron chi connectivity index (χ1n) is 6.30. The van der Waals surface area contributed by atoms with E-state index in [1.807, 2.05) is 24.8 Å². The molecule has 1 heterocycles. The van der Waals surface area contributed by atoms with Crippen molar-refractivity contribution in [3.8, 4) is 0 Å². The van der Waals surface area contributed by atoms with E-state index in [-0.39, 0.29) is 0 Å². The van der Waals surface area contributed by atoms with E-state index in [1.165, 1.54) is 0 Å². The van der Waals surface area contributed by atoms with Crippen LogP contribution in [0.2, 0.25) is 10.0 Å². The summed E-state index contributed by atoms with van der Waals surface area (Å²) in [4.78, 5) is 6.45. The summed E-state index contributed by atoms with van der Waals surface area (Å²) in [5.74, 6) is 1.21. The fraction of sp³-hybridized carbons (Fsp3) is 0.308. The Kier molecular flexibility index (Phi) is 4.98. The number of aromatic nitrogens is 3. The van der Waals surface area contributed by atoms with Gasteiger partial charge in [-0.2, -0.15) is 10.1 Å². The van der Waals surface area contributed by atoms with Gasteiger partial charge >= 0.3 is 0 Å². The monoisotopic (exact) mass is 311 g/mol. The van der Waals surface area contributed by atoms with Crippen LogP contribution in [0.1, 0.15) is 13.8 Å². The molecule has 0 radical (unpaired) electrons. The largest absolute Gasteiger partial charge is 0.340 e. The Morgan fingerprint density at radius 3 is 2.55 bits per heavy atom. The maximum absolute atomic E-state index is 5.98. The van der Waals surface area contributed by atoms with E-state index in [9.17, 15) is 0 Å². The lowest BCUT2D eigenvalue weighted by Crippen LogP contribution is -2.24. The predicted octanol–water partition coefficient (Wildman–Crippen LogP) is 3.77. The van der Waals surface area contributed by atoms with Crippen LogP contribution in [0.5, 0.6) is 0 Å². The van der Waals surface area contributed by atoms with Gasteiger partial charge in [0.1, 0.15) is 0 Å². The molecule has 1 aromatic carbocycles. The smallest absolute Gasteiger partial charge is 0.247 e. The molecular formula is C13H15Cl2N5. The summed E-state index contributed by atoms with van der Waals surface area (Å²) in [6, 6.07) is 5.29. The molecule has 0 amide bonds. The number of nitrogens with one attached hydrogen (secondary N) is 1. The minimum atomic E-state index is 0.489. The topological polar surface area (TPSA) is 53.9 Å². The van der Waals surface area contributed by atoms with E-state index in [4.69, 9.17) is 23.2 Å². The van der Waals surface area contributed by atoms with Crippen LogP contribution in [0.25, 0.3) is 0 Å². The van der Waals surface area contributed by atoms with Crippen molar-refractivity contribution in [2.75, 3.05) is 23.3 Å². The molecule has 0 saturated heterocycles. The summed E-state index contributed by atoms with van der Waals surface area (Å²) in [5, 5.41) is 12.1. The first-order chi connectivity index (χ1) is 9.63. The summed E-state index contributed by atoms with van der Waals surface area (Å²) in [6.07, 6.45) is 1.56. The van der Waals surface area contributed by atoms with Crippen molar-refractivity contribution in [3.63, 3.8) is 0 Å². The van der Waals surface area contributed by atoms with Gasteiger partial charge in [0.2, 0.25) is 5.95 Å². The van der Waals surface area contributed by atoms with E-state index in [0.29, 0.717) is 21.8 Å². The molecule has 0 atom stereocenters. The second kappa shape index (κ2) is 6.72. The molecule has 0 fully saturated rings. The highest BCUT2D eigenvalue weighted by Gasteiger charge is 2.07. The number of hydrogen-bond acceptors (Lipinski definition) is 5. The third-order valence-electron chi connectivity index (χ3n) is 2.79. The molecule has 2 rings (SSSR count). The lowest BCUT2D eigenvalue weighted by Gasteiger charge is -2.18. The van der Waals surface area contributed by atoms with Crippen LogP contribution in [-0.2, 0) is 0 Å². The minimum Gasteiger partial charge on any atom is -0.340 e. The minimum absolute atomic E-state index is 0.489. The van der Waals surface area contributed by atoms with Crippen molar-refractivity contribution < 1.29 is 0 Å². The Balaban J connectivity index is 2.21. The van der Waals surface area contributed by atoms with E-state index < -0.39 is 0 Å². The van der Waals surface area contributed by atoms with E-state index in [2.05, 4.69) is 20.5 Å². The molecule has 1 aromatic heterocycles. The van der Waals surface area contributed by atoms with Gasteiger partial charge in [-0.3, -0.25) is 0 Å². The van der Waals surface area contributed by atoms with Crippen molar-refractivity contribution in [1.82, 2.24) is 15.2 Å². The van der Waals surface area contributed by atoms with Gasteiger partial charge in [-0.1, -0.05) is 23.2 Å². The molecule has 0 unspecified atom stereocenters. The molecule has 106 valence electrons. The highest BCUT2D eigenvalue weighted by molar-refractivity contribution is 6.42. The van der Waals surface area contributed by atoms with Crippen molar-refractivity contribution in [3.05, 3.63) is 34.4 Å². The van der Waals surface area contributed by atoms with Gasteiger partial charge in [-0.25, -0.2) is 0 Å². The van der Waals surface area contributed by atoms with Crippen LogP contribution in [0.3, 0.4) is 0 Å². The zero-order valence-electron chi connectivity index (χ0n) is 11.3. The average Bonchev–Trinajstić information content (AvgIpc) is 2.45. The first-order valence-corrected chi connectivity index (χ1v) is 7.06. The number of halogens is 2. The number of nitrogens with zero attached hydrogens (tertiary/aromatic N) is 4. The highest BCUT2D eigenvalue weighted by atomic mass is 35.5. The lowest BCUT2D eigenvalue weighted by atomic mass is 10.3. The van der Waals surface area contributed by atoms with Crippen LogP contribution in [0.4, 0.5) is 17.5 Å². The molecule has 2 aromatic rings. The maximum atomic E-state index is 5.98. The number of hydrogen-bond donors (Lipinski definition) is 1. The van der Waals surface area contributed by atoms with Gasteiger partial charge in [0.25, 0.3) is 0 Å². The van der Waals surface area contributed by atoms with Crippen molar-refractivity contribution in [2.24, 2.45) is 0 Å². The molecule has 0 bridgehead atoms.